The number of benzene rings is 2. The monoisotopic (exact) mass is 268 g/mol. The number of imidazole rings is 1. The third kappa shape index (κ3) is 2.32. The quantitative estimate of drug-likeness (QED) is 0.434. The fourth-order valence-corrected chi connectivity index (χ4v) is 1.93. The maximum Gasteiger partial charge on any atom is 0.274 e. The van der Waals surface area contributed by atoms with Crippen LogP contribution in [0.25, 0.3) is 11.0 Å². The highest BCUT2D eigenvalue weighted by atomic mass is 16.5. The van der Waals surface area contributed by atoms with Crippen LogP contribution in [0.4, 0.5) is 11.6 Å². The molecule has 0 saturated carbocycles. The van der Waals surface area contributed by atoms with Gasteiger partial charge in [0.25, 0.3) is 5.91 Å². The summed E-state index contributed by atoms with van der Waals surface area (Å²) in [4.78, 5) is 18.8. The molecular formula is C14H12N4O2. The van der Waals surface area contributed by atoms with E-state index in [0.29, 0.717) is 17.0 Å². The molecule has 100 valence electrons. The van der Waals surface area contributed by atoms with E-state index in [1.54, 1.807) is 23.7 Å². The molecule has 0 radical (unpaired) electrons. The lowest BCUT2D eigenvalue weighted by Gasteiger charge is -2.00. The first-order valence-corrected chi connectivity index (χ1v) is 6.02. The van der Waals surface area contributed by atoms with E-state index in [1.165, 1.54) is 0 Å². The Bertz CT molecular complexity index is 752. The molecular weight excluding hydrogens is 256 g/mol. The van der Waals surface area contributed by atoms with Gasteiger partial charge in [0.15, 0.2) is 0 Å². The molecule has 0 bridgehead atoms. The van der Waals surface area contributed by atoms with Gasteiger partial charge in [-0.2, -0.15) is 0 Å². The molecule has 0 saturated heterocycles. The van der Waals surface area contributed by atoms with Crippen LogP contribution in [0.1, 0.15) is 10.4 Å². The Labute approximate surface area is 114 Å². The summed E-state index contributed by atoms with van der Waals surface area (Å²) in [6.07, 6.45) is 0. The highest BCUT2D eigenvalue weighted by Gasteiger charge is 2.08. The SMILES string of the molecule is O=C(NO)c1ccc2nc(Nc3ccccc3)[nH]c2c1. The number of carbonyl (C=O) groups is 1. The van der Waals surface area contributed by atoms with E-state index in [2.05, 4.69) is 15.3 Å². The van der Waals surface area contributed by atoms with Crippen molar-refractivity contribution in [1.82, 2.24) is 15.4 Å². The number of fused-ring (bicyclic) bond motifs is 1. The predicted octanol–water partition coefficient (Wildman–Crippen LogP) is 2.43. The average molecular weight is 268 g/mol. The summed E-state index contributed by atoms with van der Waals surface area (Å²) in [5.41, 5.74) is 4.32. The van der Waals surface area contributed by atoms with E-state index in [4.69, 9.17) is 5.21 Å². The van der Waals surface area contributed by atoms with E-state index in [-0.39, 0.29) is 0 Å². The van der Waals surface area contributed by atoms with E-state index >= 15 is 0 Å². The molecule has 1 amide bonds. The maximum absolute atomic E-state index is 11.3. The molecule has 0 spiro atoms. The van der Waals surface area contributed by atoms with Crippen LogP contribution in [0.2, 0.25) is 0 Å². The van der Waals surface area contributed by atoms with Gasteiger partial charge in [0.05, 0.1) is 11.0 Å². The number of amides is 1. The average Bonchev–Trinajstić information content (AvgIpc) is 2.88. The van der Waals surface area contributed by atoms with E-state index in [0.717, 1.165) is 11.2 Å². The van der Waals surface area contributed by atoms with Crippen LogP contribution in [0.3, 0.4) is 0 Å². The molecule has 4 N–H and O–H groups in total. The Hall–Kier alpha value is -2.86. The molecule has 0 fully saturated rings. The largest absolute Gasteiger partial charge is 0.326 e. The van der Waals surface area contributed by atoms with Crippen molar-refractivity contribution in [2.24, 2.45) is 0 Å². The fraction of sp³-hybridized carbons (Fsp3) is 0. The molecule has 2 aromatic carbocycles. The minimum Gasteiger partial charge on any atom is -0.326 e. The first-order valence-electron chi connectivity index (χ1n) is 6.02. The number of nitrogens with zero attached hydrogens (tertiary/aromatic N) is 1. The summed E-state index contributed by atoms with van der Waals surface area (Å²) >= 11 is 0. The molecule has 0 aliphatic carbocycles. The summed E-state index contributed by atoms with van der Waals surface area (Å²) in [6, 6.07) is 14.6. The van der Waals surface area contributed by atoms with Crippen LogP contribution in [0.15, 0.2) is 48.5 Å². The number of hydrogen-bond donors (Lipinski definition) is 4. The van der Waals surface area contributed by atoms with Crippen LogP contribution < -0.4 is 10.8 Å². The van der Waals surface area contributed by atoms with Gasteiger partial charge in [-0.3, -0.25) is 10.0 Å². The Morgan fingerprint density at radius 3 is 2.70 bits per heavy atom. The lowest BCUT2D eigenvalue weighted by atomic mass is 10.2. The zero-order valence-electron chi connectivity index (χ0n) is 10.4. The van der Waals surface area contributed by atoms with Gasteiger partial charge in [-0.05, 0) is 30.3 Å². The van der Waals surface area contributed by atoms with E-state index in [9.17, 15) is 4.79 Å². The number of hydrogen-bond acceptors (Lipinski definition) is 4. The van der Waals surface area contributed by atoms with Gasteiger partial charge in [0, 0.05) is 11.3 Å². The molecule has 0 unspecified atom stereocenters. The second-order valence-electron chi connectivity index (χ2n) is 4.25. The van der Waals surface area contributed by atoms with Crippen LogP contribution >= 0.6 is 0 Å². The molecule has 3 aromatic rings. The number of anilines is 2. The van der Waals surface area contributed by atoms with Crippen molar-refractivity contribution in [1.29, 1.82) is 0 Å². The summed E-state index contributed by atoms with van der Waals surface area (Å²) < 4.78 is 0. The smallest absolute Gasteiger partial charge is 0.274 e. The number of aromatic nitrogens is 2. The maximum atomic E-state index is 11.3. The zero-order chi connectivity index (χ0) is 13.9. The first-order chi connectivity index (χ1) is 9.76. The molecule has 0 atom stereocenters. The van der Waals surface area contributed by atoms with Gasteiger partial charge >= 0.3 is 0 Å². The molecule has 3 rings (SSSR count). The van der Waals surface area contributed by atoms with Gasteiger partial charge < -0.3 is 10.3 Å². The highest BCUT2D eigenvalue weighted by molar-refractivity contribution is 5.96. The third-order valence-electron chi connectivity index (χ3n) is 2.88. The number of carbonyl (C=O) groups excluding carboxylic acids is 1. The third-order valence-corrected chi connectivity index (χ3v) is 2.88. The fourth-order valence-electron chi connectivity index (χ4n) is 1.93. The number of rotatable bonds is 3. The molecule has 1 aromatic heterocycles. The zero-order valence-corrected chi connectivity index (χ0v) is 10.4. The van der Waals surface area contributed by atoms with Crippen LogP contribution in [-0.4, -0.2) is 21.1 Å². The predicted molar refractivity (Wildman–Crippen MR) is 75.1 cm³/mol. The Morgan fingerprint density at radius 1 is 1.15 bits per heavy atom. The second-order valence-corrected chi connectivity index (χ2v) is 4.25. The van der Waals surface area contributed by atoms with Gasteiger partial charge in [-0.25, -0.2) is 10.5 Å². The number of aromatic amines is 1. The Balaban J connectivity index is 1.92. The van der Waals surface area contributed by atoms with Crippen LogP contribution in [-0.2, 0) is 0 Å². The summed E-state index contributed by atoms with van der Waals surface area (Å²) in [5, 5.41) is 11.8. The topological polar surface area (TPSA) is 90.0 Å². The van der Waals surface area contributed by atoms with Crippen molar-refractivity contribution < 1.29 is 10.0 Å². The van der Waals surface area contributed by atoms with E-state index in [1.807, 2.05) is 30.3 Å². The highest BCUT2D eigenvalue weighted by Crippen LogP contribution is 2.19. The standard InChI is InChI=1S/C14H12N4O2/c19-13(18-20)9-6-7-11-12(8-9)17-14(16-11)15-10-4-2-1-3-5-10/h1-8,20H,(H,18,19)(H2,15,16,17). The van der Waals surface area contributed by atoms with E-state index < -0.39 is 5.91 Å². The number of para-hydroxylation sites is 1. The molecule has 20 heavy (non-hydrogen) atoms. The minimum atomic E-state index is -0.556. The van der Waals surface area contributed by atoms with Crippen LogP contribution in [0.5, 0.6) is 0 Å². The summed E-state index contributed by atoms with van der Waals surface area (Å²) in [6.45, 7) is 0. The van der Waals surface area contributed by atoms with Gasteiger partial charge in [0.1, 0.15) is 0 Å². The van der Waals surface area contributed by atoms with Crippen LogP contribution in [0, 0.1) is 0 Å². The van der Waals surface area contributed by atoms with Crippen molar-refractivity contribution in [3.63, 3.8) is 0 Å². The molecule has 6 heteroatoms. The van der Waals surface area contributed by atoms with Gasteiger partial charge in [-0.1, -0.05) is 18.2 Å². The first kappa shape index (κ1) is 12.2. The Kier molecular flexibility index (Phi) is 3.06. The molecule has 0 aliphatic rings. The number of hydroxylamine groups is 1. The minimum absolute atomic E-state index is 0.356. The van der Waals surface area contributed by atoms with Gasteiger partial charge in [0.2, 0.25) is 5.95 Å². The number of nitrogens with one attached hydrogen (secondary N) is 3. The Morgan fingerprint density at radius 2 is 1.95 bits per heavy atom. The molecule has 6 nitrogen and oxygen atoms in total. The van der Waals surface area contributed by atoms with Crippen molar-refractivity contribution in [3.8, 4) is 0 Å². The van der Waals surface area contributed by atoms with Gasteiger partial charge in [-0.15, -0.1) is 0 Å². The summed E-state index contributed by atoms with van der Waals surface area (Å²) in [7, 11) is 0. The normalized spacial score (nSPS) is 10.4. The molecule has 1 heterocycles. The molecule has 0 aliphatic heterocycles. The van der Waals surface area contributed by atoms with Crippen molar-refractivity contribution in [2.45, 2.75) is 0 Å². The van der Waals surface area contributed by atoms with Crippen molar-refractivity contribution in [2.75, 3.05) is 5.32 Å². The van der Waals surface area contributed by atoms with Crippen molar-refractivity contribution in [3.05, 3.63) is 54.1 Å². The van der Waals surface area contributed by atoms with Crippen molar-refractivity contribution >= 4 is 28.6 Å². The second kappa shape index (κ2) is 5.02. The number of H-pyrrole nitrogens is 1. The summed E-state index contributed by atoms with van der Waals surface area (Å²) in [5.74, 6) is 0.0341. The lowest BCUT2D eigenvalue weighted by Crippen LogP contribution is -2.18. The lowest BCUT2D eigenvalue weighted by molar-refractivity contribution is 0.0706.